The molecular weight excluding hydrogens is 310 g/mol. The molecule has 0 aliphatic heterocycles. The van der Waals surface area contributed by atoms with Crippen LogP contribution in [0.2, 0.25) is 5.02 Å². The SMILES string of the molecule is CC(NS(=O)(=O)c1cccnc1C#N)c1ccccc1Cl. The minimum atomic E-state index is -3.86. The van der Waals surface area contributed by atoms with E-state index in [9.17, 15) is 8.42 Å². The Morgan fingerprint density at radius 3 is 2.67 bits per heavy atom. The summed E-state index contributed by atoms with van der Waals surface area (Å²) in [5.41, 5.74) is 0.515. The van der Waals surface area contributed by atoms with E-state index in [0.29, 0.717) is 10.6 Å². The topological polar surface area (TPSA) is 82.8 Å². The molecule has 2 aromatic rings. The molecule has 0 aliphatic carbocycles. The Morgan fingerprint density at radius 2 is 2.00 bits per heavy atom. The number of hydrogen-bond acceptors (Lipinski definition) is 4. The second-order valence-electron chi connectivity index (χ2n) is 4.33. The van der Waals surface area contributed by atoms with Gasteiger partial charge in [0, 0.05) is 17.3 Å². The molecular formula is C14H12ClN3O2S. The third-order valence-corrected chi connectivity index (χ3v) is 4.79. The summed E-state index contributed by atoms with van der Waals surface area (Å²) in [6.45, 7) is 1.68. The molecule has 0 bridgehead atoms. The summed E-state index contributed by atoms with van der Waals surface area (Å²) in [6.07, 6.45) is 1.37. The van der Waals surface area contributed by atoms with E-state index in [1.165, 1.54) is 18.3 Å². The maximum absolute atomic E-state index is 12.4. The first-order chi connectivity index (χ1) is 9.95. The molecule has 0 fully saturated rings. The number of rotatable bonds is 4. The van der Waals surface area contributed by atoms with Crippen LogP contribution in [-0.2, 0) is 10.0 Å². The van der Waals surface area contributed by atoms with E-state index in [-0.39, 0.29) is 10.6 Å². The van der Waals surface area contributed by atoms with Gasteiger partial charge < -0.3 is 0 Å². The molecule has 1 aromatic heterocycles. The van der Waals surface area contributed by atoms with Crippen molar-refractivity contribution in [2.75, 3.05) is 0 Å². The molecule has 0 radical (unpaired) electrons. The highest BCUT2D eigenvalue weighted by Crippen LogP contribution is 2.24. The summed E-state index contributed by atoms with van der Waals surface area (Å²) in [5, 5.41) is 9.42. The molecule has 1 heterocycles. The quantitative estimate of drug-likeness (QED) is 0.938. The fraction of sp³-hybridized carbons (Fsp3) is 0.143. The zero-order valence-electron chi connectivity index (χ0n) is 11.1. The molecule has 5 nitrogen and oxygen atoms in total. The van der Waals surface area contributed by atoms with E-state index in [4.69, 9.17) is 16.9 Å². The lowest BCUT2D eigenvalue weighted by Gasteiger charge is -2.16. The number of sulfonamides is 1. The van der Waals surface area contributed by atoms with Crippen LogP contribution in [0, 0.1) is 11.3 Å². The van der Waals surface area contributed by atoms with Gasteiger partial charge in [-0.15, -0.1) is 0 Å². The van der Waals surface area contributed by atoms with Crippen molar-refractivity contribution in [2.24, 2.45) is 0 Å². The van der Waals surface area contributed by atoms with Crippen molar-refractivity contribution in [2.45, 2.75) is 17.9 Å². The average Bonchev–Trinajstić information content (AvgIpc) is 2.47. The van der Waals surface area contributed by atoms with Crippen LogP contribution >= 0.6 is 11.6 Å². The van der Waals surface area contributed by atoms with Crippen molar-refractivity contribution in [3.63, 3.8) is 0 Å². The van der Waals surface area contributed by atoms with E-state index in [1.54, 1.807) is 37.3 Å². The number of nitrogens with zero attached hydrogens (tertiary/aromatic N) is 2. The third-order valence-electron chi connectivity index (χ3n) is 2.87. The van der Waals surface area contributed by atoms with Crippen LogP contribution in [0.4, 0.5) is 0 Å². The predicted molar refractivity (Wildman–Crippen MR) is 79.1 cm³/mol. The van der Waals surface area contributed by atoms with Crippen LogP contribution < -0.4 is 4.72 Å². The zero-order chi connectivity index (χ0) is 15.5. The molecule has 1 unspecified atom stereocenters. The Bertz CT molecular complexity index is 800. The Morgan fingerprint density at radius 1 is 1.29 bits per heavy atom. The maximum Gasteiger partial charge on any atom is 0.244 e. The Hall–Kier alpha value is -1.94. The Labute approximate surface area is 128 Å². The summed E-state index contributed by atoms with van der Waals surface area (Å²) >= 11 is 6.05. The molecule has 7 heteroatoms. The molecule has 1 N–H and O–H groups in total. The summed E-state index contributed by atoms with van der Waals surface area (Å²) in [7, 11) is -3.86. The van der Waals surface area contributed by atoms with Crippen LogP contribution in [0.15, 0.2) is 47.5 Å². The van der Waals surface area contributed by atoms with E-state index in [0.717, 1.165) is 0 Å². The Balaban J connectivity index is 2.34. The van der Waals surface area contributed by atoms with Gasteiger partial charge >= 0.3 is 0 Å². The number of benzene rings is 1. The third kappa shape index (κ3) is 3.39. The highest BCUT2D eigenvalue weighted by molar-refractivity contribution is 7.89. The number of nitriles is 1. The summed E-state index contributed by atoms with van der Waals surface area (Å²) in [6, 6.07) is 11.0. The molecule has 1 aromatic carbocycles. The standard InChI is InChI=1S/C14H12ClN3O2S/c1-10(11-5-2-3-6-12(11)15)18-21(19,20)14-7-4-8-17-13(14)9-16/h2-8,10,18H,1H3. The first-order valence-corrected chi connectivity index (χ1v) is 7.93. The van der Waals surface area contributed by atoms with Gasteiger partial charge in [0.25, 0.3) is 0 Å². The molecule has 0 aliphatic rings. The normalized spacial score (nSPS) is 12.6. The molecule has 0 saturated heterocycles. The largest absolute Gasteiger partial charge is 0.244 e. The van der Waals surface area contributed by atoms with Gasteiger partial charge in [-0.3, -0.25) is 0 Å². The number of aromatic nitrogens is 1. The number of nitrogens with one attached hydrogen (secondary N) is 1. The summed E-state index contributed by atoms with van der Waals surface area (Å²) < 4.78 is 27.2. The Kier molecular flexibility index (Phi) is 4.58. The van der Waals surface area contributed by atoms with Gasteiger partial charge in [-0.05, 0) is 30.7 Å². The molecule has 0 amide bonds. The van der Waals surface area contributed by atoms with Crippen molar-refractivity contribution < 1.29 is 8.42 Å². The second-order valence-corrected chi connectivity index (χ2v) is 6.42. The van der Waals surface area contributed by atoms with Crippen molar-refractivity contribution in [3.05, 3.63) is 58.9 Å². The number of halogens is 1. The molecule has 21 heavy (non-hydrogen) atoms. The molecule has 108 valence electrons. The van der Waals surface area contributed by atoms with Crippen molar-refractivity contribution >= 4 is 21.6 Å². The predicted octanol–water partition coefficient (Wildman–Crippen LogP) is 2.65. The van der Waals surface area contributed by atoms with Crippen LogP contribution in [-0.4, -0.2) is 13.4 Å². The van der Waals surface area contributed by atoms with Gasteiger partial charge in [0.2, 0.25) is 10.0 Å². The van der Waals surface area contributed by atoms with Gasteiger partial charge in [0.05, 0.1) is 0 Å². The molecule has 0 saturated carbocycles. The van der Waals surface area contributed by atoms with Crippen molar-refractivity contribution in [3.8, 4) is 6.07 Å². The second kappa shape index (κ2) is 6.22. The van der Waals surface area contributed by atoms with Crippen LogP contribution in [0.5, 0.6) is 0 Å². The van der Waals surface area contributed by atoms with Crippen molar-refractivity contribution in [1.29, 1.82) is 5.26 Å². The summed E-state index contributed by atoms with van der Waals surface area (Å²) in [4.78, 5) is 3.61. The van der Waals surface area contributed by atoms with Crippen LogP contribution in [0.25, 0.3) is 0 Å². The lowest BCUT2D eigenvalue weighted by Crippen LogP contribution is -2.28. The van der Waals surface area contributed by atoms with Gasteiger partial charge in [-0.2, -0.15) is 5.26 Å². The lowest BCUT2D eigenvalue weighted by molar-refractivity contribution is 0.566. The number of hydrogen-bond donors (Lipinski definition) is 1. The first-order valence-electron chi connectivity index (χ1n) is 6.07. The lowest BCUT2D eigenvalue weighted by atomic mass is 10.1. The molecule has 1 atom stereocenters. The summed E-state index contributed by atoms with van der Waals surface area (Å²) in [5.74, 6) is 0. The molecule has 2 rings (SSSR count). The van der Waals surface area contributed by atoms with E-state index >= 15 is 0 Å². The minimum absolute atomic E-state index is 0.142. The van der Waals surface area contributed by atoms with Crippen LogP contribution in [0.3, 0.4) is 0 Å². The van der Waals surface area contributed by atoms with Gasteiger partial charge in [0.1, 0.15) is 11.0 Å². The monoisotopic (exact) mass is 321 g/mol. The molecule has 0 spiro atoms. The van der Waals surface area contributed by atoms with Gasteiger partial charge in [-0.25, -0.2) is 18.1 Å². The van der Waals surface area contributed by atoms with Crippen molar-refractivity contribution in [1.82, 2.24) is 9.71 Å². The smallest absolute Gasteiger partial charge is 0.244 e. The fourth-order valence-corrected chi connectivity index (χ4v) is 3.51. The number of pyridine rings is 1. The highest BCUT2D eigenvalue weighted by atomic mass is 35.5. The van der Waals surface area contributed by atoms with Gasteiger partial charge in [-0.1, -0.05) is 29.8 Å². The highest BCUT2D eigenvalue weighted by Gasteiger charge is 2.23. The van der Waals surface area contributed by atoms with E-state index in [2.05, 4.69) is 9.71 Å². The minimum Gasteiger partial charge on any atom is -0.244 e. The van der Waals surface area contributed by atoms with Crippen LogP contribution in [0.1, 0.15) is 24.2 Å². The van der Waals surface area contributed by atoms with Gasteiger partial charge in [0.15, 0.2) is 5.69 Å². The maximum atomic E-state index is 12.4. The fourth-order valence-electron chi connectivity index (χ4n) is 1.88. The van der Waals surface area contributed by atoms with E-state index in [1.807, 2.05) is 0 Å². The zero-order valence-corrected chi connectivity index (χ0v) is 12.7. The first kappa shape index (κ1) is 15.4. The van der Waals surface area contributed by atoms with E-state index < -0.39 is 16.1 Å². The average molecular weight is 322 g/mol.